The van der Waals surface area contributed by atoms with Gasteiger partial charge in [-0.1, -0.05) is 12.1 Å². The largest absolute Gasteiger partial charge is 0.465 e. The van der Waals surface area contributed by atoms with Gasteiger partial charge in [0.1, 0.15) is 17.0 Å². The normalized spacial score (nSPS) is 15.0. The lowest BCUT2D eigenvalue weighted by atomic mass is 9.95. The Labute approximate surface area is 189 Å². The highest BCUT2D eigenvalue weighted by Crippen LogP contribution is 2.37. The van der Waals surface area contributed by atoms with E-state index in [0.29, 0.717) is 18.7 Å². The quantitative estimate of drug-likeness (QED) is 0.449. The summed E-state index contributed by atoms with van der Waals surface area (Å²) in [4.78, 5) is 26.5. The van der Waals surface area contributed by atoms with Crippen LogP contribution in [0.15, 0.2) is 36.7 Å². The molecule has 164 valence electrons. The average Bonchev–Trinajstić information content (AvgIpc) is 3.15. The fourth-order valence-electron chi connectivity index (χ4n) is 3.96. The molecule has 0 saturated carbocycles. The van der Waals surface area contributed by atoms with Crippen LogP contribution in [0.4, 0.5) is 5.82 Å². The standard InChI is InChI=1S/C24H24N4O3S/c1-24(2)11-18-16(12-31-24)10-17-19-20(32-22(17)28-18)21(27-13-26-19)25-9-8-14-4-6-15(7-5-14)23(29)30-3/h4-7,10,13H,8-9,11-12H2,1-3H3,(H,25,26,27). The first-order chi connectivity index (χ1) is 15.4. The van der Waals surface area contributed by atoms with Crippen LogP contribution in [0.1, 0.15) is 41.0 Å². The molecule has 0 atom stereocenters. The van der Waals surface area contributed by atoms with Crippen molar-refractivity contribution in [2.75, 3.05) is 19.0 Å². The number of esters is 1. The van der Waals surface area contributed by atoms with Crippen molar-refractivity contribution in [2.24, 2.45) is 0 Å². The summed E-state index contributed by atoms with van der Waals surface area (Å²) in [5.74, 6) is 0.493. The molecule has 3 aromatic heterocycles. The molecular formula is C24H24N4O3S. The second-order valence-corrected chi connectivity index (χ2v) is 9.54. The number of carbonyl (C=O) groups is 1. The van der Waals surface area contributed by atoms with Crippen LogP contribution in [0, 0.1) is 0 Å². The molecule has 5 rings (SSSR count). The summed E-state index contributed by atoms with van der Waals surface area (Å²) >= 11 is 1.62. The van der Waals surface area contributed by atoms with E-state index in [2.05, 4.69) is 35.2 Å². The number of nitrogens with zero attached hydrogens (tertiary/aromatic N) is 3. The van der Waals surface area contributed by atoms with E-state index >= 15 is 0 Å². The number of benzene rings is 1. The van der Waals surface area contributed by atoms with Crippen molar-refractivity contribution in [1.29, 1.82) is 0 Å². The van der Waals surface area contributed by atoms with Crippen molar-refractivity contribution >= 4 is 43.6 Å². The molecule has 0 bridgehead atoms. The number of pyridine rings is 1. The number of methoxy groups -OCH3 is 1. The average molecular weight is 449 g/mol. The van der Waals surface area contributed by atoms with E-state index in [4.69, 9.17) is 14.5 Å². The number of hydrogen-bond acceptors (Lipinski definition) is 8. The first kappa shape index (κ1) is 20.8. The number of hydrogen-bond donors (Lipinski definition) is 1. The monoisotopic (exact) mass is 448 g/mol. The van der Waals surface area contributed by atoms with Crippen LogP contribution in [0.2, 0.25) is 0 Å². The summed E-state index contributed by atoms with van der Waals surface area (Å²) in [6.07, 6.45) is 3.20. The number of aromatic nitrogens is 3. The molecule has 8 heteroatoms. The van der Waals surface area contributed by atoms with E-state index in [1.165, 1.54) is 7.11 Å². The predicted molar refractivity (Wildman–Crippen MR) is 125 cm³/mol. The molecule has 7 nitrogen and oxygen atoms in total. The second-order valence-electron chi connectivity index (χ2n) is 8.54. The van der Waals surface area contributed by atoms with Gasteiger partial charge in [-0.2, -0.15) is 0 Å². The van der Waals surface area contributed by atoms with Gasteiger partial charge in [0.25, 0.3) is 0 Å². The highest BCUT2D eigenvalue weighted by Gasteiger charge is 2.28. The number of ether oxygens (including phenoxy) is 2. The van der Waals surface area contributed by atoms with Crippen LogP contribution in [0.5, 0.6) is 0 Å². The molecule has 0 saturated heterocycles. The maximum atomic E-state index is 11.6. The van der Waals surface area contributed by atoms with Gasteiger partial charge in [0, 0.05) is 23.9 Å². The number of nitrogens with one attached hydrogen (secondary N) is 1. The van der Waals surface area contributed by atoms with Crippen LogP contribution < -0.4 is 5.32 Å². The van der Waals surface area contributed by atoms with Gasteiger partial charge in [-0.05, 0) is 44.0 Å². The maximum absolute atomic E-state index is 11.6. The third-order valence-corrected chi connectivity index (χ3v) is 6.80. The molecule has 4 heterocycles. The SMILES string of the molecule is COC(=O)c1ccc(CCNc2ncnc3c2sc2nc4c(cc23)COC(C)(C)C4)cc1. The van der Waals surface area contributed by atoms with Crippen LogP contribution in [-0.2, 0) is 28.9 Å². The van der Waals surface area contributed by atoms with Crippen molar-refractivity contribution in [3.05, 3.63) is 59.0 Å². The molecule has 0 fully saturated rings. The first-order valence-electron chi connectivity index (χ1n) is 10.5. The molecule has 1 aliphatic rings. The number of rotatable bonds is 5. The molecule has 0 unspecified atom stereocenters. The van der Waals surface area contributed by atoms with Crippen LogP contribution >= 0.6 is 11.3 Å². The summed E-state index contributed by atoms with van der Waals surface area (Å²) in [6.45, 7) is 5.49. The first-order valence-corrected chi connectivity index (χ1v) is 11.4. The summed E-state index contributed by atoms with van der Waals surface area (Å²) in [5.41, 5.74) is 4.66. The van der Waals surface area contributed by atoms with E-state index in [0.717, 1.165) is 55.9 Å². The van der Waals surface area contributed by atoms with Crippen LogP contribution in [-0.4, -0.2) is 40.2 Å². The van der Waals surface area contributed by atoms with Crippen LogP contribution in [0.3, 0.4) is 0 Å². The lowest BCUT2D eigenvalue weighted by molar-refractivity contribution is -0.0411. The zero-order chi connectivity index (χ0) is 22.3. The Kier molecular flexibility index (Phi) is 5.27. The number of carbonyl (C=O) groups excluding carboxylic acids is 1. The zero-order valence-corrected chi connectivity index (χ0v) is 19.1. The van der Waals surface area contributed by atoms with Crippen molar-refractivity contribution < 1.29 is 14.3 Å². The van der Waals surface area contributed by atoms with Crippen molar-refractivity contribution in [1.82, 2.24) is 15.0 Å². The Bertz CT molecular complexity index is 1310. The fraction of sp³-hybridized carbons (Fsp3) is 0.333. The smallest absolute Gasteiger partial charge is 0.337 e. The molecule has 0 radical (unpaired) electrons. The van der Waals surface area contributed by atoms with E-state index in [1.54, 1.807) is 29.8 Å². The highest BCUT2D eigenvalue weighted by molar-refractivity contribution is 7.25. The molecule has 32 heavy (non-hydrogen) atoms. The molecule has 1 aromatic carbocycles. The van der Waals surface area contributed by atoms with E-state index < -0.39 is 0 Å². The van der Waals surface area contributed by atoms with Gasteiger partial charge >= 0.3 is 5.97 Å². The van der Waals surface area contributed by atoms with Gasteiger partial charge in [0.2, 0.25) is 0 Å². The van der Waals surface area contributed by atoms with Gasteiger partial charge in [-0.3, -0.25) is 0 Å². The molecule has 4 aromatic rings. The number of fused-ring (bicyclic) bond motifs is 4. The van der Waals surface area contributed by atoms with E-state index in [-0.39, 0.29) is 11.6 Å². The zero-order valence-electron chi connectivity index (χ0n) is 18.3. The van der Waals surface area contributed by atoms with Crippen molar-refractivity contribution in [2.45, 2.75) is 38.9 Å². The van der Waals surface area contributed by atoms with Crippen molar-refractivity contribution in [3.8, 4) is 0 Å². The minimum atomic E-state index is -0.326. The lowest BCUT2D eigenvalue weighted by Crippen LogP contribution is -2.32. The Morgan fingerprint density at radius 2 is 2.06 bits per heavy atom. The van der Waals surface area contributed by atoms with E-state index in [1.807, 2.05) is 12.1 Å². The Balaban J connectivity index is 1.37. The Hall–Kier alpha value is -3.10. The van der Waals surface area contributed by atoms with Crippen LogP contribution in [0.25, 0.3) is 20.4 Å². The van der Waals surface area contributed by atoms with Gasteiger partial charge in [-0.25, -0.2) is 19.7 Å². The molecule has 0 spiro atoms. The molecule has 1 N–H and O–H groups in total. The second kappa shape index (κ2) is 8.11. The number of thiophene rings is 1. The Morgan fingerprint density at radius 1 is 1.25 bits per heavy atom. The number of anilines is 1. The van der Waals surface area contributed by atoms with Gasteiger partial charge in [0.15, 0.2) is 0 Å². The molecule has 0 amide bonds. The van der Waals surface area contributed by atoms with E-state index in [9.17, 15) is 4.79 Å². The minimum Gasteiger partial charge on any atom is -0.465 e. The van der Waals surface area contributed by atoms with Gasteiger partial charge < -0.3 is 14.8 Å². The van der Waals surface area contributed by atoms with Crippen molar-refractivity contribution in [3.63, 3.8) is 0 Å². The predicted octanol–water partition coefficient (Wildman–Crippen LogP) is 4.53. The third kappa shape index (κ3) is 3.91. The summed E-state index contributed by atoms with van der Waals surface area (Å²) in [5, 5.41) is 4.50. The molecular weight excluding hydrogens is 424 g/mol. The summed E-state index contributed by atoms with van der Waals surface area (Å²) < 4.78 is 11.7. The third-order valence-electron chi connectivity index (χ3n) is 5.71. The minimum absolute atomic E-state index is 0.189. The lowest BCUT2D eigenvalue weighted by Gasteiger charge is -2.30. The molecule has 0 aliphatic carbocycles. The van der Waals surface area contributed by atoms with Gasteiger partial charge in [0.05, 0.1) is 40.8 Å². The molecule has 1 aliphatic heterocycles. The maximum Gasteiger partial charge on any atom is 0.337 e. The highest BCUT2D eigenvalue weighted by atomic mass is 32.1. The van der Waals surface area contributed by atoms with Gasteiger partial charge in [-0.15, -0.1) is 11.3 Å². The Morgan fingerprint density at radius 3 is 2.84 bits per heavy atom. The fourth-order valence-corrected chi connectivity index (χ4v) is 5.06. The summed E-state index contributed by atoms with van der Waals surface area (Å²) in [7, 11) is 1.38. The summed E-state index contributed by atoms with van der Waals surface area (Å²) in [6, 6.07) is 9.64. The topological polar surface area (TPSA) is 86.2 Å².